The van der Waals surface area contributed by atoms with Crippen molar-refractivity contribution in [3.05, 3.63) is 118 Å². The van der Waals surface area contributed by atoms with Gasteiger partial charge in [0.15, 0.2) is 11.3 Å². The molecule has 65 heavy (non-hydrogen) atoms. The Balaban J connectivity index is 1.55. The first-order chi connectivity index (χ1) is 31.0. The summed E-state index contributed by atoms with van der Waals surface area (Å²) in [6, 6.07) is 26.9. The SMILES string of the molecule is COc1ccc(C(OC[C@H]2O[C@@H](n3ccc(NC(C)=O)nc3=O)[C@H](OC)[C@@H]2OP(OCCOCCSC(=O)C(C)(C)C)N(C(C)C)C(C)C)(c2ccccc2)c2ccc(OC)cc2)cc1. The summed E-state index contributed by atoms with van der Waals surface area (Å²) in [7, 11) is 2.97. The maximum atomic E-state index is 13.7. The Morgan fingerprint density at radius 1 is 0.831 bits per heavy atom. The van der Waals surface area contributed by atoms with Crippen LogP contribution in [0.3, 0.4) is 0 Å². The smallest absolute Gasteiger partial charge is 0.351 e. The minimum atomic E-state index is -1.82. The van der Waals surface area contributed by atoms with Gasteiger partial charge in [0.05, 0.1) is 40.6 Å². The van der Waals surface area contributed by atoms with Gasteiger partial charge < -0.3 is 42.8 Å². The van der Waals surface area contributed by atoms with E-state index >= 15 is 0 Å². The molecule has 0 aliphatic carbocycles. The minimum absolute atomic E-state index is 0.000308. The summed E-state index contributed by atoms with van der Waals surface area (Å²) in [4.78, 5) is 42.1. The molecule has 1 fully saturated rings. The van der Waals surface area contributed by atoms with Crippen molar-refractivity contribution < 1.29 is 47.1 Å². The molecule has 5 rings (SSSR count). The van der Waals surface area contributed by atoms with Gasteiger partial charge in [-0.15, -0.1) is 0 Å². The van der Waals surface area contributed by atoms with Gasteiger partial charge in [0.2, 0.25) is 5.91 Å². The quantitative estimate of drug-likeness (QED) is 0.0431. The lowest BCUT2D eigenvalue weighted by atomic mass is 9.80. The molecule has 1 aliphatic rings. The van der Waals surface area contributed by atoms with Gasteiger partial charge in [-0.05, 0) is 74.7 Å². The molecule has 0 saturated carbocycles. The number of hydrogen-bond acceptors (Lipinski definition) is 14. The fourth-order valence-corrected chi connectivity index (χ4v) is 10.1. The van der Waals surface area contributed by atoms with Crippen LogP contribution in [0.25, 0.3) is 0 Å². The second kappa shape index (κ2) is 24.0. The first kappa shape index (κ1) is 51.8. The van der Waals surface area contributed by atoms with Gasteiger partial charge in [-0.1, -0.05) is 87.1 Å². The van der Waals surface area contributed by atoms with Crippen LogP contribution in [0, 0.1) is 5.41 Å². The maximum absolute atomic E-state index is 13.7. The van der Waals surface area contributed by atoms with Crippen LogP contribution in [0.4, 0.5) is 5.82 Å². The van der Waals surface area contributed by atoms with E-state index in [1.54, 1.807) is 14.2 Å². The Hall–Kier alpha value is -4.22. The second-order valence-corrected chi connectivity index (χ2v) is 19.4. The van der Waals surface area contributed by atoms with Crippen LogP contribution in [-0.4, -0.2) is 109 Å². The molecule has 1 N–H and O–H groups in total. The Morgan fingerprint density at radius 3 is 1.92 bits per heavy atom. The summed E-state index contributed by atoms with van der Waals surface area (Å²) in [6.07, 6.45) is -2.10. The number of hydrogen-bond donors (Lipinski definition) is 1. The fourth-order valence-electron chi connectivity index (χ4n) is 7.50. The van der Waals surface area contributed by atoms with Crippen LogP contribution in [0.5, 0.6) is 11.5 Å². The van der Waals surface area contributed by atoms with Crippen LogP contribution in [0.15, 0.2) is 95.9 Å². The van der Waals surface area contributed by atoms with Crippen molar-refractivity contribution in [2.24, 2.45) is 5.41 Å². The lowest BCUT2D eigenvalue weighted by Gasteiger charge is -2.39. The molecule has 0 bridgehead atoms. The molecule has 1 saturated heterocycles. The highest BCUT2D eigenvalue weighted by Gasteiger charge is 2.51. The molecular weight excluding hydrogens is 872 g/mol. The van der Waals surface area contributed by atoms with Crippen molar-refractivity contribution >= 4 is 37.1 Å². The average Bonchev–Trinajstić information content (AvgIpc) is 3.62. The summed E-state index contributed by atoms with van der Waals surface area (Å²) in [5.74, 6) is 1.63. The maximum Gasteiger partial charge on any atom is 0.351 e. The number of benzene rings is 3. The highest BCUT2D eigenvalue weighted by atomic mass is 32.2. The Bertz CT molecular complexity index is 2120. The van der Waals surface area contributed by atoms with Gasteiger partial charge in [0.1, 0.15) is 41.2 Å². The fraction of sp³-hybridized carbons (Fsp3) is 0.500. The third-order valence-corrected chi connectivity index (χ3v) is 13.9. The number of carbonyl (C=O) groups is 2. The Labute approximate surface area is 388 Å². The number of nitrogens with zero attached hydrogens (tertiary/aromatic N) is 3. The van der Waals surface area contributed by atoms with Crippen molar-refractivity contribution in [1.82, 2.24) is 14.2 Å². The topological polar surface area (TPSA) is 158 Å². The van der Waals surface area contributed by atoms with E-state index in [0.717, 1.165) is 16.7 Å². The zero-order valence-electron chi connectivity index (χ0n) is 39.3. The predicted molar refractivity (Wildman–Crippen MR) is 253 cm³/mol. The lowest BCUT2D eigenvalue weighted by molar-refractivity contribution is -0.117. The number of aromatic nitrogens is 2. The number of carbonyl (C=O) groups excluding carboxylic acids is 2. The third kappa shape index (κ3) is 13.2. The molecule has 1 aromatic heterocycles. The molecule has 0 radical (unpaired) electrons. The van der Waals surface area contributed by atoms with Crippen molar-refractivity contribution in [1.29, 1.82) is 0 Å². The Morgan fingerprint density at radius 2 is 1.42 bits per heavy atom. The van der Waals surface area contributed by atoms with Crippen LogP contribution in [0.2, 0.25) is 0 Å². The Kier molecular flexibility index (Phi) is 19.1. The summed E-state index contributed by atoms with van der Waals surface area (Å²) < 4.78 is 54.7. The molecule has 15 nitrogen and oxygen atoms in total. The van der Waals surface area contributed by atoms with E-state index in [1.165, 1.54) is 42.6 Å². The standard InChI is InChI=1S/C48H65N4O11PS/c1-32(2)52(33(3)4)64(61-28-27-59-29-30-65-45(54)47(6,7)8)63-42-40(62-44(43(42)58-11)51-26-25-41(49-34(5)53)50-46(51)55)31-60-48(35-15-13-12-14-16-35,36-17-21-38(56-9)22-18-36)37-19-23-39(57-10)24-20-37/h12-26,32-33,40,42-44H,27-31H2,1-11H3,(H,49,50,53,55)/t40-,42-,43-,44-,64?/m1/s1. The third-order valence-electron chi connectivity index (χ3n) is 10.6. The van der Waals surface area contributed by atoms with E-state index in [4.69, 9.17) is 37.5 Å². The van der Waals surface area contributed by atoms with Gasteiger partial charge in [0.25, 0.3) is 8.53 Å². The van der Waals surface area contributed by atoms with E-state index in [9.17, 15) is 14.4 Å². The zero-order valence-corrected chi connectivity index (χ0v) is 41.1. The monoisotopic (exact) mass is 936 g/mol. The number of ether oxygens (including phenoxy) is 6. The van der Waals surface area contributed by atoms with Gasteiger partial charge in [-0.2, -0.15) is 4.98 Å². The van der Waals surface area contributed by atoms with Crippen molar-refractivity contribution in [3.63, 3.8) is 0 Å². The van der Waals surface area contributed by atoms with E-state index in [-0.39, 0.29) is 48.7 Å². The van der Waals surface area contributed by atoms with Crippen LogP contribution < -0.4 is 20.5 Å². The first-order valence-electron chi connectivity index (χ1n) is 21.7. The van der Waals surface area contributed by atoms with Gasteiger partial charge >= 0.3 is 5.69 Å². The van der Waals surface area contributed by atoms with Gasteiger partial charge in [-0.25, -0.2) is 9.46 Å². The van der Waals surface area contributed by atoms with E-state index in [1.807, 2.05) is 99.6 Å². The van der Waals surface area contributed by atoms with Crippen LogP contribution in [-0.2, 0) is 43.2 Å². The summed E-state index contributed by atoms with van der Waals surface area (Å²) in [5, 5.41) is 2.68. The number of anilines is 1. The molecule has 17 heteroatoms. The van der Waals surface area contributed by atoms with Crippen LogP contribution in [0.1, 0.15) is 78.3 Å². The summed E-state index contributed by atoms with van der Waals surface area (Å²) in [6.45, 7) is 16.1. The first-order valence-corrected chi connectivity index (χ1v) is 23.8. The number of amides is 1. The molecule has 0 spiro atoms. The largest absolute Gasteiger partial charge is 0.497 e. The molecule has 354 valence electrons. The predicted octanol–water partition coefficient (Wildman–Crippen LogP) is 8.21. The number of methoxy groups -OCH3 is 3. The van der Waals surface area contributed by atoms with Gasteiger partial charge in [0, 0.05) is 43.5 Å². The highest BCUT2D eigenvalue weighted by molar-refractivity contribution is 8.13. The molecule has 1 amide bonds. The van der Waals surface area contributed by atoms with Crippen LogP contribution >= 0.6 is 20.3 Å². The zero-order chi connectivity index (χ0) is 47.3. The molecule has 3 aromatic carbocycles. The molecular formula is C48H65N4O11PS. The van der Waals surface area contributed by atoms with Crippen molar-refractivity contribution in [2.75, 3.05) is 58.8 Å². The van der Waals surface area contributed by atoms with Crippen molar-refractivity contribution in [3.8, 4) is 11.5 Å². The van der Waals surface area contributed by atoms with Crippen molar-refractivity contribution in [2.45, 2.75) is 97.6 Å². The molecule has 1 unspecified atom stereocenters. The van der Waals surface area contributed by atoms with Gasteiger partial charge in [-0.3, -0.25) is 14.2 Å². The minimum Gasteiger partial charge on any atom is -0.497 e. The molecule has 1 aliphatic heterocycles. The summed E-state index contributed by atoms with van der Waals surface area (Å²) in [5.41, 5.74) is 0.176. The van der Waals surface area contributed by atoms with E-state index in [2.05, 4.69) is 42.7 Å². The van der Waals surface area contributed by atoms with E-state index < -0.39 is 49.8 Å². The highest BCUT2D eigenvalue weighted by Crippen LogP contribution is 2.51. The average molecular weight is 937 g/mol. The number of thioether (sulfide) groups is 1. The summed E-state index contributed by atoms with van der Waals surface area (Å²) >= 11 is 1.26. The number of nitrogens with one attached hydrogen (secondary N) is 1. The normalized spacial score (nSPS) is 18.3. The number of rotatable bonds is 23. The molecule has 5 atom stereocenters. The van der Waals surface area contributed by atoms with E-state index in [0.29, 0.717) is 23.9 Å². The lowest BCUT2D eigenvalue weighted by Crippen LogP contribution is -2.43. The second-order valence-electron chi connectivity index (χ2n) is 17.0. The molecule has 2 heterocycles. The molecule has 4 aromatic rings.